The van der Waals surface area contributed by atoms with Crippen LogP contribution in [0.1, 0.15) is 46.5 Å². The van der Waals surface area contributed by atoms with Gasteiger partial charge in [0, 0.05) is 19.3 Å². The summed E-state index contributed by atoms with van der Waals surface area (Å²) in [6.45, 7) is 6.03. The zero-order valence-corrected chi connectivity index (χ0v) is 9.41. The van der Waals surface area contributed by atoms with E-state index in [1.807, 2.05) is 6.92 Å². The molecule has 0 radical (unpaired) electrons. The molecule has 0 amide bonds. The Labute approximate surface area is 88.5 Å². The van der Waals surface area contributed by atoms with Crippen molar-refractivity contribution in [2.24, 2.45) is 5.92 Å². The van der Waals surface area contributed by atoms with Gasteiger partial charge in [-0.1, -0.05) is 25.7 Å². The maximum atomic E-state index is 3.16. The lowest BCUT2D eigenvalue weighted by Crippen LogP contribution is -1.91. The SMILES string of the molecule is CC#CCC(C#CCC)C#CCCC. The van der Waals surface area contributed by atoms with Crippen LogP contribution in [-0.2, 0) is 0 Å². The first-order valence-electron chi connectivity index (χ1n) is 5.21. The van der Waals surface area contributed by atoms with E-state index in [0.717, 1.165) is 25.7 Å². The summed E-state index contributed by atoms with van der Waals surface area (Å²) in [6.07, 6.45) is 3.75. The van der Waals surface area contributed by atoms with Crippen LogP contribution in [0.25, 0.3) is 0 Å². The van der Waals surface area contributed by atoms with Crippen molar-refractivity contribution >= 4 is 0 Å². The van der Waals surface area contributed by atoms with Crippen LogP contribution in [0.4, 0.5) is 0 Å². The average Bonchev–Trinajstić information content (AvgIpc) is 2.21. The van der Waals surface area contributed by atoms with Crippen molar-refractivity contribution in [1.29, 1.82) is 0 Å². The highest BCUT2D eigenvalue weighted by Gasteiger charge is 1.95. The molecule has 0 N–H and O–H groups in total. The van der Waals surface area contributed by atoms with Crippen molar-refractivity contribution in [3.63, 3.8) is 0 Å². The molecule has 0 bridgehead atoms. The van der Waals surface area contributed by atoms with Gasteiger partial charge in [0.15, 0.2) is 0 Å². The quantitative estimate of drug-likeness (QED) is 0.581. The number of hydrogen-bond donors (Lipinski definition) is 0. The predicted molar refractivity (Wildman–Crippen MR) is 62.3 cm³/mol. The lowest BCUT2D eigenvalue weighted by atomic mass is 10.1. The topological polar surface area (TPSA) is 0 Å². The Kier molecular flexibility index (Phi) is 8.84. The van der Waals surface area contributed by atoms with Crippen molar-refractivity contribution in [2.75, 3.05) is 0 Å². The Bertz CT molecular complexity index is 303. The van der Waals surface area contributed by atoms with Crippen LogP contribution >= 0.6 is 0 Å². The monoisotopic (exact) mass is 186 g/mol. The van der Waals surface area contributed by atoms with Crippen molar-refractivity contribution in [2.45, 2.75) is 46.5 Å². The highest BCUT2D eigenvalue weighted by Crippen LogP contribution is 1.99. The maximum absolute atomic E-state index is 3.16. The summed E-state index contributed by atoms with van der Waals surface area (Å²) in [4.78, 5) is 0. The van der Waals surface area contributed by atoms with E-state index in [-0.39, 0.29) is 5.92 Å². The zero-order valence-electron chi connectivity index (χ0n) is 9.41. The third-order valence-corrected chi connectivity index (χ3v) is 1.59. The average molecular weight is 186 g/mol. The Morgan fingerprint density at radius 3 is 2.29 bits per heavy atom. The Morgan fingerprint density at radius 2 is 1.71 bits per heavy atom. The van der Waals surface area contributed by atoms with Crippen LogP contribution in [0.3, 0.4) is 0 Å². The molecule has 0 fully saturated rings. The van der Waals surface area contributed by atoms with E-state index in [0.29, 0.717) is 0 Å². The van der Waals surface area contributed by atoms with Crippen LogP contribution < -0.4 is 0 Å². The lowest BCUT2D eigenvalue weighted by molar-refractivity contribution is 0.906. The molecule has 0 aliphatic heterocycles. The molecule has 0 saturated carbocycles. The Hall–Kier alpha value is -1.32. The van der Waals surface area contributed by atoms with Gasteiger partial charge in [0.2, 0.25) is 0 Å². The summed E-state index contributed by atoms with van der Waals surface area (Å²) >= 11 is 0. The summed E-state index contributed by atoms with van der Waals surface area (Å²) in [5.74, 6) is 18.6. The second kappa shape index (κ2) is 9.77. The molecule has 14 heavy (non-hydrogen) atoms. The lowest BCUT2D eigenvalue weighted by Gasteiger charge is -1.94. The van der Waals surface area contributed by atoms with Gasteiger partial charge in [-0.15, -0.1) is 23.7 Å². The van der Waals surface area contributed by atoms with E-state index in [4.69, 9.17) is 0 Å². The smallest absolute Gasteiger partial charge is 0.0920 e. The first-order chi connectivity index (χ1) is 6.85. The number of hydrogen-bond acceptors (Lipinski definition) is 0. The van der Waals surface area contributed by atoms with E-state index < -0.39 is 0 Å². The predicted octanol–water partition coefficient (Wildman–Crippen LogP) is 3.23. The van der Waals surface area contributed by atoms with Gasteiger partial charge in [-0.3, -0.25) is 0 Å². The van der Waals surface area contributed by atoms with E-state index in [1.165, 1.54) is 0 Å². The van der Waals surface area contributed by atoms with Gasteiger partial charge in [0.1, 0.15) is 0 Å². The third-order valence-electron chi connectivity index (χ3n) is 1.59. The maximum Gasteiger partial charge on any atom is 0.0920 e. The van der Waals surface area contributed by atoms with Crippen LogP contribution in [-0.4, -0.2) is 0 Å². The van der Waals surface area contributed by atoms with Crippen molar-refractivity contribution in [3.8, 4) is 35.5 Å². The first kappa shape index (κ1) is 12.7. The summed E-state index contributed by atoms with van der Waals surface area (Å²) in [5, 5.41) is 0. The minimum absolute atomic E-state index is 0.147. The highest BCUT2D eigenvalue weighted by atomic mass is 14.0. The molecule has 0 nitrogen and oxygen atoms in total. The van der Waals surface area contributed by atoms with E-state index >= 15 is 0 Å². The molecule has 0 aromatic rings. The molecule has 0 spiro atoms. The minimum atomic E-state index is 0.147. The largest absolute Gasteiger partial charge is 0.107 e. The van der Waals surface area contributed by atoms with Gasteiger partial charge in [0.25, 0.3) is 0 Å². The van der Waals surface area contributed by atoms with Crippen molar-refractivity contribution in [1.82, 2.24) is 0 Å². The highest BCUT2D eigenvalue weighted by molar-refractivity contribution is 5.20. The molecular formula is C14H18. The van der Waals surface area contributed by atoms with Gasteiger partial charge in [0.05, 0.1) is 5.92 Å². The second-order valence-corrected chi connectivity index (χ2v) is 2.93. The summed E-state index contributed by atoms with van der Waals surface area (Å²) in [5.41, 5.74) is 0. The Morgan fingerprint density at radius 1 is 1.00 bits per heavy atom. The fourth-order valence-electron chi connectivity index (χ4n) is 0.888. The van der Waals surface area contributed by atoms with E-state index in [2.05, 4.69) is 49.4 Å². The molecule has 0 aromatic heterocycles. The standard InChI is InChI=1S/C14H18/c1-4-7-10-13-14(11-8-5-2)12-9-6-3/h14H,4-5,7,12H2,1-3H3. The van der Waals surface area contributed by atoms with Gasteiger partial charge in [-0.05, 0) is 13.3 Å². The fraction of sp³-hybridized carbons (Fsp3) is 0.571. The van der Waals surface area contributed by atoms with Crippen molar-refractivity contribution < 1.29 is 0 Å². The van der Waals surface area contributed by atoms with Crippen LogP contribution in [0.2, 0.25) is 0 Å². The molecule has 1 unspecified atom stereocenters. The van der Waals surface area contributed by atoms with Gasteiger partial charge in [-0.2, -0.15) is 0 Å². The molecule has 0 heterocycles. The molecule has 0 saturated heterocycles. The molecule has 0 rings (SSSR count). The summed E-state index contributed by atoms with van der Waals surface area (Å²) in [6, 6.07) is 0. The van der Waals surface area contributed by atoms with Crippen LogP contribution in [0, 0.1) is 41.4 Å². The van der Waals surface area contributed by atoms with Gasteiger partial charge < -0.3 is 0 Å². The molecule has 1 atom stereocenters. The van der Waals surface area contributed by atoms with Crippen LogP contribution in [0.5, 0.6) is 0 Å². The zero-order chi connectivity index (χ0) is 10.6. The van der Waals surface area contributed by atoms with Gasteiger partial charge in [-0.25, -0.2) is 0 Å². The second-order valence-electron chi connectivity index (χ2n) is 2.93. The first-order valence-corrected chi connectivity index (χ1v) is 5.21. The summed E-state index contributed by atoms with van der Waals surface area (Å²) in [7, 11) is 0. The normalized spacial score (nSPS) is 9.64. The van der Waals surface area contributed by atoms with Gasteiger partial charge >= 0.3 is 0 Å². The molecule has 0 aromatic carbocycles. The minimum Gasteiger partial charge on any atom is -0.107 e. The van der Waals surface area contributed by atoms with E-state index in [9.17, 15) is 0 Å². The molecular weight excluding hydrogens is 168 g/mol. The number of rotatable bonds is 2. The fourth-order valence-corrected chi connectivity index (χ4v) is 0.888. The Balaban J connectivity index is 4.23. The van der Waals surface area contributed by atoms with E-state index in [1.54, 1.807) is 0 Å². The third kappa shape index (κ3) is 7.34. The summed E-state index contributed by atoms with van der Waals surface area (Å²) < 4.78 is 0. The van der Waals surface area contributed by atoms with Crippen LogP contribution in [0.15, 0.2) is 0 Å². The molecule has 74 valence electrons. The molecule has 0 aliphatic carbocycles. The molecule has 0 heteroatoms. The number of unbranched alkanes of at least 4 members (excludes halogenated alkanes) is 1. The molecule has 0 aliphatic rings. The van der Waals surface area contributed by atoms with Crippen molar-refractivity contribution in [3.05, 3.63) is 0 Å².